The lowest BCUT2D eigenvalue weighted by molar-refractivity contribution is 0.102. The molecule has 0 saturated carbocycles. The number of anilines is 1. The van der Waals surface area contributed by atoms with Crippen LogP contribution >= 0.6 is 0 Å². The van der Waals surface area contributed by atoms with E-state index < -0.39 is 11.5 Å². The van der Waals surface area contributed by atoms with E-state index in [9.17, 15) is 19.5 Å². The molecule has 2 heterocycles. The van der Waals surface area contributed by atoms with E-state index in [4.69, 9.17) is 4.42 Å². The van der Waals surface area contributed by atoms with Crippen LogP contribution in [0.3, 0.4) is 0 Å². The molecule has 0 spiro atoms. The summed E-state index contributed by atoms with van der Waals surface area (Å²) >= 11 is 0. The van der Waals surface area contributed by atoms with Gasteiger partial charge in [-0.3, -0.25) is 9.59 Å². The van der Waals surface area contributed by atoms with Crippen LogP contribution in [0.15, 0.2) is 80.9 Å². The van der Waals surface area contributed by atoms with Crippen LogP contribution in [0.1, 0.15) is 10.4 Å². The molecule has 0 fully saturated rings. The Morgan fingerprint density at radius 1 is 0.964 bits per heavy atom. The summed E-state index contributed by atoms with van der Waals surface area (Å²) in [5.41, 5.74) is 0.840. The van der Waals surface area contributed by atoms with Crippen LogP contribution in [0.25, 0.3) is 22.1 Å². The van der Waals surface area contributed by atoms with Crippen molar-refractivity contribution in [3.63, 3.8) is 0 Å². The Morgan fingerprint density at radius 3 is 2.57 bits per heavy atom. The van der Waals surface area contributed by atoms with Gasteiger partial charge in [-0.1, -0.05) is 24.3 Å². The number of aromatic amines is 1. The number of carbonyl (C=O) groups is 1. The first-order chi connectivity index (χ1) is 13.5. The van der Waals surface area contributed by atoms with Crippen LogP contribution in [0.4, 0.5) is 5.69 Å². The lowest BCUT2D eigenvalue weighted by Gasteiger charge is -2.08. The number of hydrogen-bond donors (Lipinski definition) is 3. The van der Waals surface area contributed by atoms with E-state index in [-0.39, 0.29) is 22.5 Å². The van der Waals surface area contributed by atoms with Crippen molar-refractivity contribution in [3.05, 3.63) is 93.2 Å². The largest absolute Gasteiger partial charge is 0.504 e. The number of hydrogen-bond acceptors (Lipinski definition) is 5. The number of nitrogens with one attached hydrogen (secondary N) is 2. The molecule has 0 aliphatic rings. The Labute approximate surface area is 157 Å². The van der Waals surface area contributed by atoms with E-state index >= 15 is 0 Å². The molecule has 0 aliphatic carbocycles. The smallest absolute Gasteiger partial charge is 0.349 e. The summed E-state index contributed by atoms with van der Waals surface area (Å²) in [4.78, 5) is 38.5. The maximum atomic E-state index is 12.6. The number of rotatable bonds is 3. The molecule has 0 aliphatic heterocycles. The Kier molecular flexibility index (Phi) is 4.25. The van der Waals surface area contributed by atoms with Crippen molar-refractivity contribution in [2.45, 2.75) is 0 Å². The maximum Gasteiger partial charge on any atom is 0.349 e. The quantitative estimate of drug-likeness (QED) is 0.477. The molecule has 0 atom stereocenters. The predicted octanol–water partition coefficient (Wildman–Crippen LogP) is 3.11. The van der Waals surface area contributed by atoms with Crippen molar-refractivity contribution in [2.75, 3.05) is 5.32 Å². The number of aromatic nitrogens is 1. The molecular formula is C21H14N2O5. The van der Waals surface area contributed by atoms with Crippen LogP contribution < -0.4 is 16.5 Å². The van der Waals surface area contributed by atoms with E-state index in [0.717, 1.165) is 11.1 Å². The highest BCUT2D eigenvalue weighted by Gasteiger charge is 2.15. The monoisotopic (exact) mass is 374 g/mol. The fourth-order valence-corrected chi connectivity index (χ4v) is 2.85. The van der Waals surface area contributed by atoms with E-state index in [1.54, 1.807) is 42.6 Å². The van der Waals surface area contributed by atoms with Gasteiger partial charge in [-0.05, 0) is 41.5 Å². The van der Waals surface area contributed by atoms with Crippen molar-refractivity contribution < 1.29 is 14.3 Å². The van der Waals surface area contributed by atoms with E-state index in [1.165, 1.54) is 18.2 Å². The number of pyridine rings is 1. The summed E-state index contributed by atoms with van der Waals surface area (Å²) in [7, 11) is 0. The van der Waals surface area contributed by atoms with Gasteiger partial charge in [-0.15, -0.1) is 0 Å². The van der Waals surface area contributed by atoms with Gasteiger partial charge in [0.25, 0.3) is 5.91 Å². The van der Waals surface area contributed by atoms with Crippen LogP contribution in [0.2, 0.25) is 0 Å². The van der Waals surface area contributed by atoms with Gasteiger partial charge in [0, 0.05) is 23.3 Å². The normalized spacial score (nSPS) is 10.7. The van der Waals surface area contributed by atoms with Gasteiger partial charge in [0.1, 0.15) is 5.56 Å². The summed E-state index contributed by atoms with van der Waals surface area (Å²) in [5, 5.41) is 12.9. The Hall–Kier alpha value is -4.13. The van der Waals surface area contributed by atoms with Crippen LogP contribution in [-0.4, -0.2) is 16.0 Å². The van der Waals surface area contributed by atoms with Gasteiger partial charge in [0.15, 0.2) is 11.3 Å². The Bertz CT molecular complexity index is 1300. The van der Waals surface area contributed by atoms with Crippen LogP contribution in [0.5, 0.6) is 5.75 Å². The molecule has 0 unspecified atom stereocenters. The molecule has 1 amide bonds. The average molecular weight is 374 g/mol. The first kappa shape index (κ1) is 17.3. The van der Waals surface area contributed by atoms with Crippen molar-refractivity contribution in [3.8, 4) is 16.9 Å². The van der Waals surface area contributed by atoms with Gasteiger partial charge in [-0.2, -0.15) is 0 Å². The second kappa shape index (κ2) is 6.88. The van der Waals surface area contributed by atoms with Gasteiger partial charge in [0.2, 0.25) is 5.56 Å². The summed E-state index contributed by atoms with van der Waals surface area (Å²) in [6, 6.07) is 16.1. The van der Waals surface area contributed by atoms with Crippen LogP contribution in [-0.2, 0) is 0 Å². The standard InChI is InChI=1S/C21H14N2O5/c24-17-6-2-4-13-10-16(21(27)28-19(13)17)20(26)23-15-5-1-3-12(9-15)14-7-8-18(25)22-11-14/h1-11,24H,(H,22,25)(H,23,26). The number of amides is 1. The van der Waals surface area contributed by atoms with E-state index in [2.05, 4.69) is 10.3 Å². The highest BCUT2D eigenvalue weighted by molar-refractivity contribution is 6.05. The van der Waals surface area contributed by atoms with Crippen molar-refractivity contribution in [1.82, 2.24) is 4.98 Å². The molecule has 138 valence electrons. The van der Waals surface area contributed by atoms with Gasteiger partial charge in [0.05, 0.1) is 0 Å². The first-order valence-corrected chi connectivity index (χ1v) is 8.37. The molecule has 7 heteroatoms. The molecular weight excluding hydrogens is 360 g/mol. The number of benzene rings is 2. The summed E-state index contributed by atoms with van der Waals surface area (Å²) < 4.78 is 5.09. The Morgan fingerprint density at radius 2 is 1.79 bits per heavy atom. The molecule has 7 nitrogen and oxygen atoms in total. The minimum atomic E-state index is -0.844. The average Bonchev–Trinajstić information content (AvgIpc) is 2.69. The van der Waals surface area contributed by atoms with Crippen molar-refractivity contribution in [2.24, 2.45) is 0 Å². The molecule has 4 aromatic rings. The second-order valence-corrected chi connectivity index (χ2v) is 6.12. The zero-order chi connectivity index (χ0) is 19.7. The molecule has 0 bridgehead atoms. The fraction of sp³-hybridized carbons (Fsp3) is 0. The SMILES string of the molecule is O=C(Nc1cccc(-c2ccc(=O)[nH]c2)c1)c1cc2cccc(O)c2oc1=O. The minimum Gasteiger partial charge on any atom is -0.504 e. The topological polar surface area (TPSA) is 112 Å². The zero-order valence-corrected chi connectivity index (χ0v) is 14.4. The van der Waals surface area contributed by atoms with Gasteiger partial charge >= 0.3 is 5.63 Å². The number of H-pyrrole nitrogens is 1. The number of fused-ring (bicyclic) bond motifs is 1. The van der Waals surface area contributed by atoms with Crippen molar-refractivity contribution >= 4 is 22.6 Å². The third-order valence-electron chi connectivity index (χ3n) is 4.22. The van der Waals surface area contributed by atoms with E-state index in [0.29, 0.717) is 11.1 Å². The number of para-hydroxylation sites is 1. The molecule has 28 heavy (non-hydrogen) atoms. The predicted molar refractivity (Wildman–Crippen MR) is 105 cm³/mol. The number of carbonyl (C=O) groups excluding carboxylic acids is 1. The Balaban J connectivity index is 1.66. The third-order valence-corrected chi connectivity index (χ3v) is 4.22. The third kappa shape index (κ3) is 3.28. The second-order valence-electron chi connectivity index (χ2n) is 6.12. The van der Waals surface area contributed by atoms with E-state index in [1.807, 2.05) is 6.07 Å². The molecule has 0 radical (unpaired) electrons. The zero-order valence-electron chi connectivity index (χ0n) is 14.4. The number of aromatic hydroxyl groups is 1. The number of phenols is 1. The van der Waals surface area contributed by atoms with Gasteiger partial charge in [-0.25, -0.2) is 4.79 Å². The highest BCUT2D eigenvalue weighted by atomic mass is 16.4. The van der Waals surface area contributed by atoms with Crippen LogP contribution in [0, 0.1) is 0 Å². The van der Waals surface area contributed by atoms with Gasteiger partial charge < -0.3 is 19.8 Å². The number of phenolic OH excluding ortho intramolecular Hbond substituents is 1. The highest BCUT2D eigenvalue weighted by Crippen LogP contribution is 2.24. The first-order valence-electron chi connectivity index (χ1n) is 8.37. The molecule has 2 aromatic carbocycles. The lowest BCUT2D eigenvalue weighted by Crippen LogP contribution is -2.20. The van der Waals surface area contributed by atoms with Crippen molar-refractivity contribution in [1.29, 1.82) is 0 Å². The summed E-state index contributed by atoms with van der Waals surface area (Å²) in [5.74, 6) is -0.798. The minimum absolute atomic E-state index is 0.0316. The molecule has 0 saturated heterocycles. The fourth-order valence-electron chi connectivity index (χ4n) is 2.85. The summed E-state index contributed by atoms with van der Waals surface area (Å²) in [6.45, 7) is 0. The molecule has 3 N–H and O–H groups in total. The molecule has 4 rings (SSSR count). The molecule has 2 aromatic heterocycles. The maximum absolute atomic E-state index is 12.6. The lowest BCUT2D eigenvalue weighted by atomic mass is 10.1. The summed E-state index contributed by atoms with van der Waals surface area (Å²) in [6.07, 6.45) is 1.58.